The molecule has 0 heterocycles. The van der Waals surface area contributed by atoms with Crippen molar-refractivity contribution in [3.63, 3.8) is 0 Å². The smallest absolute Gasteiger partial charge is 0.305 e. The van der Waals surface area contributed by atoms with Crippen molar-refractivity contribution in [3.8, 4) is 5.75 Å². The van der Waals surface area contributed by atoms with Crippen molar-refractivity contribution >= 4 is 17.7 Å². The molecule has 0 aliphatic heterocycles. The number of nitrogens with one attached hydrogen (secondary N) is 1. The predicted molar refractivity (Wildman–Crippen MR) is 118 cm³/mol. The number of amides is 1. The standard InChI is InChI=1S/C24H37NO5/c1-3-5-6-9-19-30-21-16-14-20(15-17-21)11-7-8-12-22(26)24(28)25-18-10-13-23(27)29-4-2/h14-17H,3-13,18-19H2,1-2H3,(H,25,28). The molecule has 1 N–H and O–H groups in total. The topological polar surface area (TPSA) is 81.7 Å². The summed E-state index contributed by atoms with van der Waals surface area (Å²) < 4.78 is 10.6. The zero-order valence-electron chi connectivity index (χ0n) is 18.5. The zero-order chi connectivity index (χ0) is 22.0. The van der Waals surface area contributed by atoms with E-state index in [9.17, 15) is 14.4 Å². The summed E-state index contributed by atoms with van der Waals surface area (Å²) in [6, 6.07) is 8.09. The molecule has 0 aliphatic carbocycles. The number of rotatable bonds is 17. The third-order valence-corrected chi connectivity index (χ3v) is 4.71. The van der Waals surface area contributed by atoms with E-state index in [4.69, 9.17) is 9.47 Å². The van der Waals surface area contributed by atoms with Gasteiger partial charge < -0.3 is 14.8 Å². The molecule has 0 aromatic heterocycles. The van der Waals surface area contributed by atoms with Crippen molar-refractivity contribution < 1.29 is 23.9 Å². The first-order valence-electron chi connectivity index (χ1n) is 11.2. The van der Waals surface area contributed by atoms with Gasteiger partial charge in [0, 0.05) is 19.4 Å². The van der Waals surface area contributed by atoms with Crippen molar-refractivity contribution in [1.82, 2.24) is 5.32 Å². The molecule has 30 heavy (non-hydrogen) atoms. The van der Waals surface area contributed by atoms with Gasteiger partial charge in [0.1, 0.15) is 5.75 Å². The lowest BCUT2D eigenvalue weighted by molar-refractivity contribution is -0.143. The van der Waals surface area contributed by atoms with Crippen LogP contribution in [0.4, 0.5) is 0 Å². The van der Waals surface area contributed by atoms with Gasteiger partial charge in [0.15, 0.2) is 0 Å². The van der Waals surface area contributed by atoms with E-state index in [1.807, 2.05) is 12.1 Å². The van der Waals surface area contributed by atoms with Crippen LogP contribution in [0.2, 0.25) is 0 Å². The van der Waals surface area contributed by atoms with Crippen molar-refractivity contribution in [2.45, 2.75) is 78.1 Å². The van der Waals surface area contributed by atoms with Gasteiger partial charge in [0.05, 0.1) is 13.2 Å². The lowest BCUT2D eigenvalue weighted by Crippen LogP contribution is -2.31. The molecule has 0 radical (unpaired) electrons. The Kier molecular flexibility index (Phi) is 14.1. The van der Waals surface area contributed by atoms with Gasteiger partial charge in [-0.2, -0.15) is 0 Å². The van der Waals surface area contributed by atoms with Gasteiger partial charge in [-0.3, -0.25) is 14.4 Å². The first-order chi connectivity index (χ1) is 14.6. The monoisotopic (exact) mass is 419 g/mol. The lowest BCUT2D eigenvalue weighted by atomic mass is 10.1. The average molecular weight is 420 g/mol. The third-order valence-electron chi connectivity index (χ3n) is 4.71. The van der Waals surface area contributed by atoms with Crippen LogP contribution in [0.1, 0.15) is 77.2 Å². The van der Waals surface area contributed by atoms with E-state index in [0.717, 1.165) is 31.6 Å². The number of esters is 1. The van der Waals surface area contributed by atoms with E-state index >= 15 is 0 Å². The summed E-state index contributed by atoms with van der Waals surface area (Å²) >= 11 is 0. The number of unbranched alkanes of at least 4 members (excludes halogenated alkanes) is 4. The predicted octanol–water partition coefficient (Wildman–Crippen LogP) is 4.39. The van der Waals surface area contributed by atoms with E-state index in [0.29, 0.717) is 26.0 Å². The number of benzene rings is 1. The fourth-order valence-electron chi connectivity index (χ4n) is 2.97. The maximum atomic E-state index is 11.9. The van der Waals surface area contributed by atoms with Gasteiger partial charge >= 0.3 is 5.97 Å². The normalized spacial score (nSPS) is 10.5. The molecule has 0 spiro atoms. The Morgan fingerprint density at radius 3 is 2.33 bits per heavy atom. The number of carbonyl (C=O) groups excluding carboxylic acids is 3. The molecule has 1 amide bonds. The van der Waals surface area contributed by atoms with Gasteiger partial charge in [0.2, 0.25) is 5.78 Å². The minimum Gasteiger partial charge on any atom is -0.494 e. The highest BCUT2D eigenvalue weighted by Gasteiger charge is 2.12. The Balaban J connectivity index is 2.12. The van der Waals surface area contributed by atoms with E-state index in [1.54, 1.807) is 6.92 Å². The zero-order valence-corrected chi connectivity index (χ0v) is 18.5. The first-order valence-corrected chi connectivity index (χ1v) is 11.2. The van der Waals surface area contributed by atoms with Crippen LogP contribution in [0.15, 0.2) is 24.3 Å². The first kappa shape index (κ1) is 25.7. The molecule has 0 fully saturated rings. The van der Waals surface area contributed by atoms with E-state index in [2.05, 4.69) is 24.4 Å². The highest BCUT2D eigenvalue weighted by molar-refractivity contribution is 6.36. The number of aryl methyl sites for hydroxylation is 1. The highest BCUT2D eigenvalue weighted by Crippen LogP contribution is 2.15. The molecule has 0 saturated carbocycles. The van der Waals surface area contributed by atoms with Crippen molar-refractivity contribution in [2.75, 3.05) is 19.8 Å². The van der Waals surface area contributed by atoms with Crippen molar-refractivity contribution in [2.24, 2.45) is 0 Å². The molecule has 6 nitrogen and oxygen atoms in total. The second-order valence-electron chi connectivity index (χ2n) is 7.35. The molecule has 1 rings (SSSR count). The molecule has 0 bridgehead atoms. The number of ketones is 1. The minimum atomic E-state index is -0.570. The summed E-state index contributed by atoms with van der Waals surface area (Å²) in [6.07, 6.45) is 8.10. The summed E-state index contributed by atoms with van der Waals surface area (Å²) in [5.74, 6) is -0.369. The van der Waals surface area contributed by atoms with Crippen molar-refractivity contribution in [3.05, 3.63) is 29.8 Å². The maximum absolute atomic E-state index is 11.9. The molecule has 0 aliphatic rings. The molecule has 1 aromatic rings. The van der Waals surface area contributed by atoms with Crippen molar-refractivity contribution in [1.29, 1.82) is 0 Å². The van der Waals surface area contributed by atoms with Crippen LogP contribution in [-0.2, 0) is 25.5 Å². The fraction of sp³-hybridized carbons (Fsp3) is 0.625. The summed E-state index contributed by atoms with van der Waals surface area (Å²) in [4.78, 5) is 34.8. The quantitative estimate of drug-likeness (QED) is 0.230. The number of ether oxygens (including phenoxy) is 2. The Labute approximate surface area is 180 Å². The van der Waals surface area contributed by atoms with Crippen LogP contribution < -0.4 is 10.1 Å². The Morgan fingerprint density at radius 1 is 0.867 bits per heavy atom. The lowest BCUT2D eigenvalue weighted by Gasteiger charge is -2.07. The summed E-state index contributed by atoms with van der Waals surface area (Å²) in [6.45, 7) is 5.35. The fourth-order valence-corrected chi connectivity index (χ4v) is 2.97. The third kappa shape index (κ3) is 12.2. The van der Waals surface area contributed by atoms with Crippen LogP contribution in [0.25, 0.3) is 0 Å². The second-order valence-corrected chi connectivity index (χ2v) is 7.35. The van der Waals surface area contributed by atoms with E-state index in [-0.39, 0.29) is 18.8 Å². The highest BCUT2D eigenvalue weighted by atomic mass is 16.5. The molecule has 168 valence electrons. The average Bonchev–Trinajstić information content (AvgIpc) is 2.75. The number of carbonyl (C=O) groups is 3. The summed E-state index contributed by atoms with van der Waals surface area (Å²) in [5.41, 5.74) is 1.20. The molecule has 6 heteroatoms. The summed E-state index contributed by atoms with van der Waals surface area (Å²) in [7, 11) is 0. The molecule has 1 aromatic carbocycles. The molecule has 0 atom stereocenters. The van der Waals surface area contributed by atoms with Crippen LogP contribution in [-0.4, -0.2) is 37.4 Å². The van der Waals surface area contributed by atoms with Crippen LogP contribution >= 0.6 is 0 Å². The molecule has 0 saturated heterocycles. The van der Waals surface area contributed by atoms with Gasteiger partial charge in [-0.1, -0.05) is 38.3 Å². The minimum absolute atomic E-state index is 0.239. The molecular weight excluding hydrogens is 382 g/mol. The molecular formula is C24H37NO5. The van der Waals surface area contributed by atoms with Gasteiger partial charge in [-0.15, -0.1) is 0 Å². The van der Waals surface area contributed by atoms with Gasteiger partial charge in [0.25, 0.3) is 5.91 Å². The number of Topliss-reactive ketones (excluding diaryl/α,β-unsaturated/α-hetero) is 1. The maximum Gasteiger partial charge on any atom is 0.305 e. The molecule has 0 unspecified atom stereocenters. The Morgan fingerprint density at radius 2 is 1.63 bits per heavy atom. The Bertz CT molecular complexity index is 627. The van der Waals surface area contributed by atoms with E-state index in [1.165, 1.54) is 24.8 Å². The second kappa shape index (κ2) is 16.4. The van der Waals surface area contributed by atoms with Crippen LogP contribution in [0.3, 0.4) is 0 Å². The largest absolute Gasteiger partial charge is 0.494 e. The van der Waals surface area contributed by atoms with Gasteiger partial charge in [-0.25, -0.2) is 0 Å². The number of hydrogen-bond donors (Lipinski definition) is 1. The Hall–Kier alpha value is -2.37. The van der Waals surface area contributed by atoms with Crippen LogP contribution in [0, 0.1) is 0 Å². The van der Waals surface area contributed by atoms with Crippen LogP contribution in [0.5, 0.6) is 5.75 Å². The summed E-state index contributed by atoms with van der Waals surface area (Å²) in [5, 5.41) is 2.56. The SMILES string of the molecule is CCCCCCOc1ccc(CCCCC(=O)C(=O)NCCCC(=O)OCC)cc1. The van der Waals surface area contributed by atoms with E-state index < -0.39 is 11.7 Å². The number of hydrogen-bond acceptors (Lipinski definition) is 5. The van der Waals surface area contributed by atoms with Gasteiger partial charge in [-0.05, 0) is 56.7 Å².